The number of hydrogen-bond donors (Lipinski definition) is 2. The van der Waals surface area contributed by atoms with Gasteiger partial charge in [-0.25, -0.2) is 4.98 Å². The summed E-state index contributed by atoms with van der Waals surface area (Å²) in [5, 5.41) is 7.98. The summed E-state index contributed by atoms with van der Waals surface area (Å²) in [5.41, 5.74) is 2.38. The van der Waals surface area contributed by atoms with Crippen LogP contribution in [-0.4, -0.2) is 49.6 Å². The summed E-state index contributed by atoms with van der Waals surface area (Å²) in [5.74, 6) is 1.70. The zero-order chi connectivity index (χ0) is 19.9. The minimum absolute atomic E-state index is 0. The Morgan fingerprint density at radius 3 is 2.66 bits per heavy atom. The van der Waals surface area contributed by atoms with Gasteiger partial charge in [0.05, 0.1) is 25.4 Å². The van der Waals surface area contributed by atoms with E-state index in [1.54, 1.807) is 18.4 Å². The average molecular weight is 529 g/mol. The third-order valence-electron chi connectivity index (χ3n) is 5.23. The Morgan fingerprint density at radius 1 is 1.28 bits per heavy atom. The third kappa shape index (κ3) is 6.55. The van der Waals surface area contributed by atoms with E-state index in [1.807, 2.05) is 13.1 Å². The molecule has 1 fully saturated rings. The van der Waals surface area contributed by atoms with Crippen molar-refractivity contribution in [3.8, 4) is 5.75 Å². The fourth-order valence-corrected chi connectivity index (χ4v) is 4.42. The molecule has 8 heteroatoms. The predicted octanol–water partition coefficient (Wildman–Crippen LogP) is 3.89. The Morgan fingerprint density at radius 2 is 2.03 bits per heavy atom. The Labute approximate surface area is 195 Å². The molecule has 0 bridgehead atoms. The van der Waals surface area contributed by atoms with Crippen molar-refractivity contribution in [2.45, 2.75) is 39.3 Å². The van der Waals surface area contributed by atoms with Crippen LogP contribution in [0.2, 0.25) is 0 Å². The monoisotopic (exact) mass is 529 g/mol. The summed E-state index contributed by atoms with van der Waals surface area (Å²) in [6.45, 7) is 7.91. The number of thiazole rings is 1. The first-order valence-electron chi connectivity index (χ1n) is 9.86. The van der Waals surface area contributed by atoms with Gasteiger partial charge < -0.3 is 15.4 Å². The zero-order valence-electron chi connectivity index (χ0n) is 17.7. The Hall–Kier alpha value is -1.39. The van der Waals surface area contributed by atoms with Gasteiger partial charge >= 0.3 is 0 Å². The van der Waals surface area contributed by atoms with Gasteiger partial charge in [0.25, 0.3) is 0 Å². The Bertz CT molecular complexity index is 785. The van der Waals surface area contributed by atoms with Crippen molar-refractivity contribution in [3.63, 3.8) is 0 Å². The van der Waals surface area contributed by atoms with Gasteiger partial charge in [0.2, 0.25) is 0 Å². The molecule has 1 aromatic carbocycles. The number of aromatic nitrogens is 1. The average Bonchev–Trinajstić information content (AvgIpc) is 3.35. The molecule has 2 aromatic rings. The van der Waals surface area contributed by atoms with Gasteiger partial charge in [-0.15, -0.1) is 35.3 Å². The molecule has 1 saturated heterocycles. The minimum atomic E-state index is 0. The molecule has 29 heavy (non-hydrogen) atoms. The van der Waals surface area contributed by atoms with Gasteiger partial charge in [-0.05, 0) is 57.5 Å². The van der Waals surface area contributed by atoms with Crippen LogP contribution < -0.4 is 15.4 Å². The summed E-state index contributed by atoms with van der Waals surface area (Å²) in [6.07, 6.45) is 2.52. The van der Waals surface area contributed by atoms with Crippen molar-refractivity contribution in [1.82, 2.24) is 20.5 Å². The molecule has 1 unspecified atom stereocenters. The van der Waals surface area contributed by atoms with Crippen LogP contribution in [0.5, 0.6) is 5.75 Å². The van der Waals surface area contributed by atoms with Gasteiger partial charge in [-0.3, -0.25) is 9.89 Å². The van der Waals surface area contributed by atoms with Gasteiger partial charge in [-0.2, -0.15) is 0 Å². The highest BCUT2D eigenvalue weighted by Gasteiger charge is 2.24. The molecular weight excluding hydrogens is 497 g/mol. The molecule has 3 rings (SSSR count). The van der Waals surface area contributed by atoms with E-state index in [-0.39, 0.29) is 24.0 Å². The zero-order valence-corrected chi connectivity index (χ0v) is 20.8. The molecule has 0 radical (unpaired) electrons. The van der Waals surface area contributed by atoms with Crippen LogP contribution in [0.15, 0.2) is 29.3 Å². The first-order chi connectivity index (χ1) is 13.6. The SMILES string of the molecule is CN=C(NCc1nc(C)c(C)s1)NCC(c1cccc(OC)c1)N1CCCC1.I. The number of aliphatic imine (C=N–C) groups is 1. The lowest BCUT2D eigenvalue weighted by Gasteiger charge is -2.29. The number of nitrogens with one attached hydrogen (secondary N) is 2. The summed E-state index contributed by atoms with van der Waals surface area (Å²) in [6, 6.07) is 8.68. The molecule has 1 atom stereocenters. The number of halogens is 1. The van der Waals surface area contributed by atoms with E-state index in [1.165, 1.54) is 23.3 Å². The van der Waals surface area contributed by atoms with E-state index in [4.69, 9.17) is 4.74 Å². The maximum atomic E-state index is 5.43. The number of methoxy groups -OCH3 is 1. The second kappa shape index (κ2) is 11.7. The molecule has 2 heterocycles. The first kappa shape index (κ1) is 23.9. The van der Waals surface area contributed by atoms with Crippen molar-refractivity contribution in [1.29, 1.82) is 0 Å². The van der Waals surface area contributed by atoms with Crippen LogP contribution in [0.3, 0.4) is 0 Å². The number of nitrogens with zero attached hydrogens (tertiary/aromatic N) is 3. The van der Waals surface area contributed by atoms with Crippen molar-refractivity contribution in [3.05, 3.63) is 45.4 Å². The van der Waals surface area contributed by atoms with E-state index < -0.39 is 0 Å². The summed E-state index contributed by atoms with van der Waals surface area (Å²) in [7, 11) is 3.53. The van der Waals surface area contributed by atoms with E-state index in [0.29, 0.717) is 12.6 Å². The largest absolute Gasteiger partial charge is 0.497 e. The number of hydrogen-bond acceptors (Lipinski definition) is 5. The van der Waals surface area contributed by atoms with E-state index in [2.05, 4.69) is 57.6 Å². The number of aryl methyl sites for hydroxylation is 2. The summed E-state index contributed by atoms with van der Waals surface area (Å²) >= 11 is 1.73. The maximum Gasteiger partial charge on any atom is 0.191 e. The quantitative estimate of drug-likeness (QED) is 0.324. The lowest BCUT2D eigenvalue weighted by Crippen LogP contribution is -2.42. The minimum Gasteiger partial charge on any atom is -0.497 e. The molecule has 0 aliphatic carbocycles. The molecule has 0 saturated carbocycles. The van der Waals surface area contributed by atoms with Crippen molar-refractivity contribution >= 4 is 41.3 Å². The van der Waals surface area contributed by atoms with Crippen LogP contribution in [0, 0.1) is 13.8 Å². The molecule has 2 N–H and O–H groups in total. The number of ether oxygens (including phenoxy) is 1. The summed E-state index contributed by atoms with van der Waals surface area (Å²) < 4.78 is 5.43. The fourth-order valence-electron chi connectivity index (χ4n) is 3.55. The highest BCUT2D eigenvalue weighted by Crippen LogP contribution is 2.27. The van der Waals surface area contributed by atoms with Crippen LogP contribution in [0.1, 0.15) is 40.0 Å². The molecule has 1 aliphatic rings. The Kier molecular flexibility index (Phi) is 9.64. The highest BCUT2D eigenvalue weighted by molar-refractivity contribution is 14.0. The van der Waals surface area contributed by atoms with Crippen LogP contribution in [0.25, 0.3) is 0 Å². The van der Waals surface area contributed by atoms with E-state index >= 15 is 0 Å². The number of rotatable bonds is 7. The summed E-state index contributed by atoms with van der Waals surface area (Å²) in [4.78, 5) is 12.8. The molecule has 160 valence electrons. The topological polar surface area (TPSA) is 61.8 Å². The molecule has 1 aliphatic heterocycles. The molecule has 6 nitrogen and oxygen atoms in total. The van der Waals surface area contributed by atoms with Crippen LogP contribution in [0.4, 0.5) is 0 Å². The lowest BCUT2D eigenvalue weighted by atomic mass is 10.1. The van der Waals surface area contributed by atoms with Gasteiger partial charge in [0, 0.05) is 18.5 Å². The number of guanidine groups is 1. The van der Waals surface area contributed by atoms with Crippen molar-refractivity contribution < 1.29 is 4.74 Å². The maximum absolute atomic E-state index is 5.43. The molecule has 1 aromatic heterocycles. The van der Waals surface area contributed by atoms with Crippen LogP contribution >= 0.6 is 35.3 Å². The predicted molar refractivity (Wildman–Crippen MR) is 132 cm³/mol. The Balaban J connectivity index is 0.00000300. The molecule has 0 amide bonds. The van der Waals surface area contributed by atoms with Crippen molar-refractivity contribution in [2.24, 2.45) is 4.99 Å². The smallest absolute Gasteiger partial charge is 0.191 e. The van der Waals surface area contributed by atoms with Gasteiger partial charge in [0.15, 0.2) is 5.96 Å². The second-order valence-corrected chi connectivity index (χ2v) is 8.38. The van der Waals surface area contributed by atoms with E-state index in [9.17, 15) is 0 Å². The molecular formula is C21H32IN5OS. The molecule has 0 spiro atoms. The lowest BCUT2D eigenvalue weighted by molar-refractivity contribution is 0.245. The number of likely N-dealkylation sites (tertiary alicyclic amines) is 1. The number of benzene rings is 1. The van der Waals surface area contributed by atoms with Gasteiger partial charge in [0.1, 0.15) is 10.8 Å². The third-order valence-corrected chi connectivity index (χ3v) is 6.30. The van der Waals surface area contributed by atoms with Crippen LogP contribution in [-0.2, 0) is 6.54 Å². The second-order valence-electron chi connectivity index (χ2n) is 7.09. The van der Waals surface area contributed by atoms with Crippen molar-refractivity contribution in [2.75, 3.05) is 33.8 Å². The highest BCUT2D eigenvalue weighted by atomic mass is 127. The first-order valence-corrected chi connectivity index (χ1v) is 10.7. The standard InChI is InChI=1S/C21H31N5OS.HI/c1-15-16(2)28-20(25-15)14-24-21(22-3)23-13-19(26-10-5-6-11-26)17-8-7-9-18(12-17)27-4;/h7-9,12,19H,5-6,10-11,13-14H2,1-4H3,(H2,22,23,24);1H. The normalized spacial score (nSPS) is 15.7. The fraction of sp³-hybridized carbons (Fsp3) is 0.524. The van der Waals surface area contributed by atoms with Gasteiger partial charge in [-0.1, -0.05) is 12.1 Å². The van der Waals surface area contributed by atoms with E-state index in [0.717, 1.165) is 42.0 Å².